The van der Waals surface area contributed by atoms with Crippen LogP contribution in [0.25, 0.3) is 22.2 Å². The summed E-state index contributed by atoms with van der Waals surface area (Å²) in [7, 11) is 0. The Labute approximate surface area is 208 Å². The lowest BCUT2D eigenvalue weighted by Crippen LogP contribution is -2.36. The Kier molecular flexibility index (Phi) is 6.16. The fraction of sp³-hybridized carbons (Fsp3) is 0.333. The van der Waals surface area contributed by atoms with E-state index in [4.69, 9.17) is 4.74 Å². The molecule has 6 rings (SSSR count). The van der Waals surface area contributed by atoms with Crippen LogP contribution in [0.4, 0.5) is 15.9 Å². The van der Waals surface area contributed by atoms with E-state index >= 15 is 4.39 Å². The number of anilines is 2. The maximum atomic E-state index is 15.1. The Morgan fingerprint density at radius 1 is 0.861 bits per heavy atom. The van der Waals surface area contributed by atoms with Gasteiger partial charge >= 0.3 is 0 Å². The number of ether oxygens (including phenoxy) is 1. The van der Waals surface area contributed by atoms with Gasteiger partial charge in [0.05, 0.1) is 24.4 Å². The van der Waals surface area contributed by atoms with E-state index in [1.165, 1.54) is 12.4 Å². The fourth-order valence-corrected chi connectivity index (χ4v) is 5.04. The second-order valence-corrected chi connectivity index (χ2v) is 9.12. The third-order valence-corrected chi connectivity index (χ3v) is 6.93. The second-order valence-electron chi connectivity index (χ2n) is 9.12. The van der Waals surface area contributed by atoms with Gasteiger partial charge in [-0.25, -0.2) is 19.3 Å². The van der Waals surface area contributed by atoms with Crippen LogP contribution in [0.2, 0.25) is 0 Å². The minimum Gasteiger partial charge on any atom is -0.382 e. The molecule has 9 heteroatoms. The highest BCUT2D eigenvalue weighted by Gasteiger charge is 2.24. The largest absolute Gasteiger partial charge is 0.382 e. The van der Waals surface area contributed by atoms with Crippen LogP contribution >= 0.6 is 0 Å². The molecule has 0 saturated carbocycles. The van der Waals surface area contributed by atoms with E-state index in [-0.39, 0.29) is 0 Å². The van der Waals surface area contributed by atoms with Gasteiger partial charge in [0.2, 0.25) is 0 Å². The third-order valence-electron chi connectivity index (χ3n) is 6.93. The Bertz CT molecular complexity index is 1390. The van der Waals surface area contributed by atoms with Gasteiger partial charge in [0.1, 0.15) is 23.9 Å². The van der Waals surface area contributed by atoms with Crippen LogP contribution in [-0.4, -0.2) is 64.4 Å². The quantitative estimate of drug-likeness (QED) is 0.457. The fourth-order valence-electron chi connectivity index (χ4n) is 5.04. The minimum absolute atomic E-state index is 0.310. The maximum absolute atomic E-state index is 15.1. The van der Waals surface area contributed by atoms with Crippen molar-refractivity contribution < 1.29 is 14.2 Å². The molecular formula is C27H27FN6O2. The molecule has 2 aromatic carbocycles. The molecule has 184 valence electrons. The van der Waals surface area contributed by atoms with Gasteiger partial charge in [0, 0.05) is 55.2 Å². The first kappa shape index (κ1) is 22.8. The molecular weight excluding hydrogens is 459 g/mol. The van der Waals surface area contributed by atoms with Gasteiger partial charge in [-0.05, 0) is 48.7 Å². The number of nitrogens with zero attached hydrogens (tertiary/aromatic N) is 6. The number of morpholine rings is 1. The molecule has 0 amide bonds. The van der Waals surface area contributed by atoms with E-state index in [1.807, 2.05) is 18.2 Å². The van der Waals surface area contributed by atoms with Crippen molar-refractivity contribution in [1.29, 1.82) is 0 Å². The van der Waals surface area contributed by atoms with Crippen molar-refractivity contribution in [1.82, 2.24) is 19.9 Å². The monoisotopic (exact) mass is 486 g/mol. The first-order valence-corrected chi connectivity index (χ1v) is 12.3. The van der Waals surface area contributed by atoms with Gasteiger partial charge in [-0.3, -0.25) is 4.98 Å². The minimum atomic E-state index is -1.05. The number of rotatable bonds is 5. The van der Waals surface area contributed by atoms with Gasteiger partial charge < -0.3 is 19.6 Å². The van der Waals surface area contributed by atoms with Gasteiger partial charge in [0.15, 0.2) is 5.82 Å². The molecule has 2 fully saturated rings. The van der Waals surface area contributed by atoms with Gasteiger partial charge in [0.25, 0.3) is 0 Å². The van der Waals surface area contributed by atoms with Crippen molar-refractivity contribution in [3.8, 4) is 11.3 Å². The van der Waals surface area contributed by atoms with Crippen LogP contribution < -0.4 is 9.80 Å². The van der Waals surface area contributed by atoms with E-state index in [1.54, 1.807) is 24.5 Å². The highest BCUT2D eigenvalue weighted by Crippen LogP contribution is 2.34. The molecule has 0 aliphatic carbocycles. The van der Waals surface area contributed by atoms with Crippen LogP contribution in [0, 0.1) is 5.82 Å². The number of aromatic nitrogens is 4. The Balaban J connectivity index is 1.38. The van der Waals surface area contributed by atoms with Crippen molar-refractivity contribution in [2.45, 2.75) is 18.9 Å². The SMILES string of the molecule is OC(c1ccc(F)c(-c2ncnc3cc(N4CCOCC4)ccc23)c1)c1nccnc1N1CCCC1. The molecule has 0 bridgehead atoms. The number of benzene rings is 2. The number of hydrogen-bond acceptors (Lipinski definition) is 8. The van der Waals surface area contributed by atoms with Crippen LogP contribution in [0.15, 0.2) is 55.1 Å². The summed E-state index contributed by atoms with van der Waals surface area (Å²) < 4.78 is 20.6. The predicted molar refractivity (Wildman–Crippen MR) is 136 cm³/mol. The molecule has 2 aliphatic heterocycles. The standard InChI is InChI=1S/C27H27FN6O2/c28-22-6-3-18(26(35)25-27(30-8-7-29-25)34-9-1-2-10-34)15-21(22)24-20-5-4-19(16-23(20)31-17-32-24)33-11-13-36-14-12-33/h3-8,15-17,26,35H,1-2,9-14H2. The normalized spacial score (nSPS) is 17.1. The molecule has 1 N–H and O–H groups in total. The molecule has 0 radical (unpaired) electrons. The molecule has 1 atom stereocenters. The van der Waals surface area contributed by atoms with Gasteiger partial charge in [-0.2, -0.15) is 0 Å². The zero-order valence-corrected chi connectivity index (χ0v) is 19.8. The molecule has 4 heterocycles. The second kappa shape index (κ2) is 9.75. The van der Waals surface area contributed by atoms with E-state index in [9.17, 15) is 5.11 Å². The smallest absolute Gasteiger partial charge is 0.153 e. The summed E-state index contributed by atoms with van der Waals surface area (Å²) in [6, 6.07) is 10.6. The summed E-state index contributed by atoms with van der Waals surface area (Å²) in [5.41, 5.74) is 3.59. The maximum Gasteiger partial charge on any atom is 0.153 e. The van der Waals surface area contributed by atoms with E-state index in [0.717, 1.165) is 55.6 Å². The highest BCUT2D eigenvalue weighted by molar-refractivity contribution is 5.94. The molecule has 8 nitrogen and oxygen atoms in total. The van der Waals surface area contributed by atoms with Crippen LogP contribution in [-0.2, 0) is 4.74 Å². The van der Waals surface area contributed by atoms with Crippen molar-refractivity contribution in [2.24, 2.45) is 0 Å². The Hall–Kier alpha value is -3.69. The summed E-state index contributed by atoms with van der Waals surface area (Å²) in [6.45, 7) is 4.79. The Morgan fingerprint density at radius 3 is 2.50 bits per heavy atom. The number of fused-ring (bicyclic) bond motifs is 1. The molecule has 0 spiro atoms. The summed E-state index contributed by atoms with van der Waals surface area (Å²) in [6.07, 6.45) is 5.79. The average molecular weight is 487 g/mol. The van der Waals surface area contributed by atoms with Gasteiger partial charge in [-0.15, -0.1) is 0 Å². The number of aliphatic hydroxyl groups is 1. The zero-order chi connectivity index (χ0) is 24.5. The van der Waals surface area contributed by atoms with Gasteiger partial charge in [-0.1, -0.05) is 6.07 Å². The van der Waals surface area contributed by atoms with Crippen LogP contribution in [0.5, 0.6) is 0 Å². The molecule has 4 aromatic rings. The van der Waals surface area contributed by atoms with Crippen molar-refractivity contribution in [3.05, 3.63) is 72.2 Å². The number of aliphatic hydroxyl groups excluding tert-OH is 1. The van der Waals surface area contributed by atoms with Crippen molar-refractivity contribution in [3.63, 3.8) is 0 Å². The summed E-state index contributed by atoms with van der Waals surface area (Å²) in [4.78, 5) is 22.2. The van der Waals surface area contributed by atoms with Crippen LogP contribution in [0.1, 0.15) is 30.2 Å². The first-order chi connectivity index (χ1) is 17.7. The third kappa shape index (κ3) is 4.25. The number of hydrogen-bond donors (Lipinski definition) is 1. The van der Waals surface area contributed by atoms with E-state index < -0.39 is 11.9 Å². The first-order valence-electron chi connectivity index (χ1n) is 12.3. The molecule has 2 saturated heterocycles. The summed E-state index contributed by atoms with van der Waals surface area (Å²) >= 11 is 0. The lowest BCUT2D eigenvalue weighted by molar-refractivity contribution is 0.122. The highest BCUT2D eigenvalue weighted by atomic mass is 19.1. The Morgan fingerprint density at radius 2 is 1.67 bits per heavy atom. The number of halogens is 1. The predicted octanol–water partition coefficient (Wildman–Crippen LogP) is 3.74. The summed E-state index contributed by atoms with van der Waals surface area (Å²) in [5.74, 6) is 0.263. The van der Waals surface area contributed by atoms with Crippen molar-refractivity contribution in [2.75, 3.05) is 49.2 Å². The van der Waals surface area contributed by atoms with E-state index in [0.29, 0.717) is 41.5 Å². The van der Waals surface area contributed by atoms with Crippen LogP contribution in [0.3, 0.4) is 0 Å². The molecule has 2 aliphatic rings. The average Bonchev–Trinajstić information content (AvgIpc) is 3.48. The summed E-state index contributed by atoms with van der Waals surface area (Å²) in [5, 5.41) is 12.0. The molecule has 36 heavy (non-hydrogen) atoms. The van der Waals surface area contributed by atoms with Crippen molar-refractivity contribution >= 4 is 22.4 Å². The molecule has 2 aromatic heterocycles. The van der Waals surface area contributed by atoms with E-state index in [2.05, 4.69) is 29.7 Å². The lowest BCUT2D eigenvalue weighted by atomic mass is 9.99. The topological polar surface area (TPSA) is 87.5 Å². The lowest BCUT2D eigenvalue weighted by Gasteiger charge is -2.29. The molecule has 1 unspecified atom stereocenters. The zero-order valence-electron chi connectivity index (χ0n) is 19.8.